The topological polar surface area (TPSA) is 101 Å². The van der Waals surface area contributed by atoms with Gasteiger partial charge < -0.3 is 11.1 Å². The monoisotopic (exact) mass is 399 g/mol. The van der Waals surface area contributed by atoms with Gasteiger partial charge in [0.15, 0.2) is 5.96 Å². The molecule has 0 radical (unpaired) electrons. The number of halogens is 1. The standard InChI is InChI=1S/C20H22ClN5O2/c1-4-15-18(28)26(3)19(22)25-20(15,2)12-6-5-7-14(10-12)24-17(27)16-9-8-13(21)11-23-16/h5-11,15H,4H2,1-3H3,(H2,22,25)(H,24,27)/t15-,20+/m0/s1. The molecule has 2 heterocycles. The highest BCUT2D eigenvalue weighted by molar-refractivity contribution is 6.30. The minimum atomic E-state index is -0.818. The number of carbonyl (C=O) groups excluding carboxylic acids is 2. The second-order valence-corrected chi connectivity index (χ2v) is 7.31. The molecule has 0 bridgehead atoms. The fourth-order valence-corrected chi connectivity index (χ4v) is 3.54. The van der Waals surface area contributed by atoms with Crippen LogP contribution in [0.4, 0.5) is 5.69 Å². The highest BCUT2D eigenvalue weighted by Gasteiger charge is 2.45. The van der Waals surface area contributed by atoms with Crippen LogP contribution in [-0.4, -0.2) is 34.7 Å². The van der Waals surface area contributed by atoms with E-state index in [2.05, 4.69) is 15.3 Å². The molecule has 1 aromatic heterocycles. The number of aliphatic imine (C=N–C) groups is 1. The van der Waals surface area contributed by atoms with Crippen molar-refractivity contribution in [2.24, 2.45) is 16.6 Å². The van der Waals surface area contributed by atoms with Crippen molar-refractivity contribution in [3.8, 4) is 0 Å². The van der Waals surface area contributed by atoms with Gasteiger partial charge in [0.1, 0.15) is 5.69 Å². The second-order valence-electron chi connectivity index (χ2n) is 6.87. The predicted molar refractivity (Wildman–Crippen MR) is 109 cm³/mol. The Labute approximate surface area is 168 Å². The number of hydrogen-bond donors (Lipinski definition) is 2. The summed E-state index contributed by atoms with van der Waals surface area (Å²) in [4.78, 5) is 35.2. The first-order valence-electron chi connectivity index (χ1n) is 8.92. The number of anilines is 1. The third-order valence-corrected chi connectivity index (χ3v) is 5.29. The second kappa shape index (κ2) is 7.59. The molecule has 0 aliphatic carbocycles. The van der Waals surface area contributed by atoms with Gasteiger partial charge in [0.25, 0.3) is 5.91 Å². The molecule has 8 heteroatoms. The van der Waals surface area contributed by atoms with E-state index in [1.165, 1.54) is 11.1 Å². The normalized spacial score (nSPS) is 22.0. The number of nitrogens with zero attached hydrogens (tertiary/aromatic N) is 3. The number of pyridine rings is 1. The van der Waals surface area contributed by atoms with E-state index in [1.54, 1.807) is 25.2 Å². The Bertz CT molecular complexity index is 944. The quantitative estimate of drug-likeness (QED) is 0.825. The fourth-order valence-electron chi connectivity index (χ4n) is 3.43. The van der Waals surface area contributed by atoms with Gasteiger partial charge >= 0.3 is 0 Å². The molecule has 0 saturated carbocycles. The van der Waals surface area contributed by atoms with Crippen LogP contribution >= 0.6 is 11.6 Å². The van der Waals surface area contributed by atoms with Crippen molar-refractivity contribution in [2.75, 3.05) is 12.4 Å². The number of hydrogen-bond acceptors (Lipinski definition) is 5. The van der Waals surface area contributed by atoms with E-state index in [-0.39, 0.29) is 29.4 Å². The molecule has 3 N–H and O–H groups in total. The molecular formula is C20H22ClN5O2. The Balaban J connectivity index is 1.93. The first-order chi connectivity index (χ1) is 13.3. The molecule has 146 valence electrons. The molecule has 28 heavy (non-hydrogen) atoms. The molecule has 7 nitrogen and oxygen atoms in total. The summed E-state index contributed by atoms with van der Waals surface area (Å²) in [6.45, 7) is 3.84. The average molecular weight is 400 g/mol. The van der Waals surface area contributed by atoms with E-state index in [9.17, 15) is 9.59 Å². The highest BCUT2D eigenvalue weighted by Crippen LogP contribution is 2.40. The number of guanidine groups is 1. The molecule has 0 spiro atoms. The average Bonchev–Trinajstić information content (AvgIpc) is 2.67. The van der Waals surface area contributed by atoms with Gasteiger partial charge in [0, 0.05) is 18.9 Å². The molecule has 0 unspecified atom stereocenters. The zero-order chi connectivity index (χ0) is 20.5. The Hall–Kier alpha value is -2.93. The number of rotatable bonds is 4. The Morgan fingerprint density at radius 2 is 2.11 bits per heavy atom. The number of aromatic nitrogens is 1. The van der Waals surface area contributed by atoms with Crippen LogP contribution in [0.2, 0.25) is 5.02 Å². The van der Waals surface area contributed by atoms with Gasteiger partial charge in [-0.25, -0.2) is 9.98 Å². The van der Waals surface area contributed by atoms with Crippen molar-refractivity contribution in [1.29, 1.82) is 0 Å². The minimum absolute atomic E-state index is 0.0719. The van der Waals surface area contributed by atoms with Crippen LogP contribution in [-0.2, 0) is 10.3 Å². The van der Waals surface area contributed by atoms with Gasteiger partial charge in [-0.3, -0.25) is 14.5 Å². The number of amides is 2. The molecule has 0 saturated heterocycles. The van der Waals surface area contributed by atoms with E-state index in [1.807, 2.05) is 32.0 Å². The van der Waals surface area contributed by atoms with Crippen molar-refractivity contribution in [3.63, 3.8) is 0 Å². The first kappa shape index (κ1) is 19.8. The molecule has 0 fully saturated rings. The van der Waals surface area contributed by atoms with E-state index in [0.717, 1.165) is 5.56 Å². The number of benzene rings is 1. The molecule has 1 aliphatic heterocycles. The van der Waals surface area contributed by atoms with Crippen molar-refractivity contribution in [1.82, 2.24) is 9.88 Å². The van der Waals surface area contributed by atoms with Gasteiger partial charge in [0.2, 0.25) is 5.91 Å². The molecule has 2 aromatic rings. The Morgan fingerprint density at radius 3 is 2.75 bits per heavy atom. The summed E-state index contributed by atoms with van der Waals surface area (Å²) in [6.07, 6.45) is 2.03. The smallest absolute Gasteiger partial charge is 0.274 e. The van der Waals surface area contributed by atoms with Crippen molar-refractivity contribution < 1.29 is 9.59 Å². The molecule has 2 atom stereocenters. The highest BCUT2D eigenvalue weighted by atomic mass is 35.5. The van der Waals surface area contributed by atoms with Crippen LogP contribution in [0.1, 0.15) is 36.3 Å². The maximum absolute atomic E-state index is 12.7. The lowest BCUT2D eigenvalue weighted by molar-refractivity contribution is -0.134. The van der Waals surface area contributed by atoms with Crippen molar-refractivity contribution in [2.45, 2.75) is 25.8 Å². The van der Waals surface area contributed by atoms with Crippen LogP contribution in [0.25, 0.3) is 0 Å². The van der Waals surface area contributed by atoms with E-state index in [0.29, 0.717) is 17.1 Å². The lowest BCUT2D eigenvalue weighted by Crippen LogP contribution is -2.53. The van der Waals surface area contributed by atoms with E-state index >= 15 is 0 Å². The lowest BCUT2D eigenvalue weighted by atomic mass is 9.76. The number of nitrogens with one attached hydrogen (secondary N) is 1. The first-order valence-corrected chi connectivity index (χ1v) is 9.30. The van der Waals surface area contributed by atoms with Gasteiger partial charge in [-0.2, -0.15) is 0 Å². The summed E-state index contributed by atoms with van der Waals surface area (Å²) < 4.78 is 0. The third-order valence-electron chi connectivity index (χ3n) is 5.07. The van der Waals surface area contributed by atoms with E-state index in [4.69, 9.17) is 17.3 Å². The predicted octanol–water partition coefficient (Wildman–Crippen LogP) is 3.02. The minimum Gasteiger partial charge on any atom is -0.369 e. The maximum atomic E-state index is 12.7. The summed E-state index contributed by atoms with van der Waals surface area (Å²) in [5, 5.41) is 3.28. The van der Waals surface area contributed by atoms with Gasteiger partial charge in [-0.05, 0) is 43.2 Å². The number of carbonyl (C=O) groups is 2. The van der Waals surface area contributed by atoms with E-state index < -0.39 is 5.54 Å². The zero-order valence-corrected chi connectivity index (χ0v) is 16.7. The summed E-state index contributed by atoms with van der Waals surface area (Å²) in [7, 11) is 1.62. The van der Waals surface area contributed by atoms with Gasteiger partial charge in [-0.15, -0.1) is 0 Å². The van der Waals surface area contributed by atoms with Crippen LogP contribution in [0.5, 0.6) is 0 Å². The van der Waals surface area contributed by atoms with Crippen LogP contribution < -0.4 is 11.1 Å². The molecule has 1 aliphatic rings. The van der Waals surface area contributed by atoms with Crippen LogP contribution in [0, 0.1) is 5.92 Å². The molecule has 1 aromatic carbocycles. The Kier molecular flexibility index (Phi) is 5.38. The SMILES string of the molecule is CC[C@H]1C(=O)N(C)C(N)=N[C@]1(C)c1cccc(NC(=O)c2ccc(Cl)cn2)c1. The summed E-state index contributed by atoms with van der Waals surface area (Å²) >= 11 is 5.81. The third kappa shape index (κ3) is 3.57. The van der Waals surface area contributed by atoms with Gasteiger partial charge in [-0.1, -0.05) is 30.7 Å². The van der Waals surface area contributed by atoms with Gasteiger partial charge in [0.05, 0.1) is 16.5 Å². The van der Waals surface area contributed by atoms with Crippen LogP contribution in [0.15, 0.2) is 47.6 Å². The van der Waals surface area contributed by atoms with Crippen molar-refractivity contribution >= 4 is 35.1 Å². The van der Waals surface area contributed by atoms with Crippen molar-refractivity contribution in [3.05, 3.63) is 58.9 Å². The largest absolute Gasteiger partial charge is 0.369 e. The van der Waals surface area contributed by atoms with Crippen LogP contribution in [0.3, 0.4) is 0 Å². The zero-order valence-electron chi connectivity index (χ0n) is 15.9. The molecule has 2 amide bonds. The fraction of sp³-hybridized carbons (Fsp3) is 0.300. The number of nitrogens with two attached hydrogens (primary N) is 1. The lowest BCUT2D eigenvalue weighted by Gasteiger charge is -2.40. The summed E-state index contributed by atoms with van der Waals surface area (Å²) in [6, 6.07) is 10.4. The molecular weight excluding hydrogens is 378 g/mol. The summed E-state index contributed by atoms with van der Waals surface area (Å²) in [5.41, 5.74) is 6.78. The maximum Gasteiger partial charge on any atom is 0.274 e. The Morgan fingerprint density at radius 1 is 1.36 bits per heavy atom. The molecule has 3 rings (SSSR count). The summed E-state index contributed by atoms with van der Waals surface area (Å²) in [5.74, 6) is -0.600.